The van der Waals surface area contributed by atoms with Gasteiger partial charge in [-0.15, -0.1) is 0 Å². The Labute approximate surface area is 116 Å². The number of hydrogen-bond donors (Lipinski definition) is 1. The second-order valence-corrected chi connectivity index (χ2v) is 5.60. The van der Waals surface area contributed by atoms with Gasteiger partial charge in [0.05, 0.1) is 0 Å². The zero-order valence-corrected chi connectivity index (χ0v) is 12.7. The van der Waals surface area contributed by atoms with Crippen LogP contribution in [0.3, 0.4) is 0 Å². The zero-order valence-electron chi connectivity index (χ0n) is 11.9. The highest BCUT2D eigenvalue weighted by Crippen LogP contribution is 2.14. The molecular weight excluding hydrogens is 244 g/mol. The summed E-state index contributed by atoms with van der Waals surface area (Å²) in [6, 6.07) is 9.17. The normalized spacial score (nSPS) is 11.8. The number of nitrogens with one attached hydrogen (secondary N) is 1. The first-order valence-corrected chi connectivity index (χ1v) is 7.10. The standard InChI is InChI=1S/C15H25ClN2/c1-12(2)18(13(3)4)10-9-17-11-14-7-5-6-8-15(14)16/h5-8,12-13,17H,9-11H2,1-4H3. The van der Waals surface area contributed by atoms with Crippen LogP contribution in [0.4, 0.5) is 0 Å². The fraction of sp³-hybridized carbons (Fsp3) is 0.600. The van der Waals surface area contributed by atoms with Crippen molar-refractivity contribution in [2.45, 2.75) is 46.3 Å². The lowest BCUT2D eigenvalue weighted by molar-refractivity contribution is 0.176. The van der Waals surface area contributed by atoms with Gasteiger partial charge in [-0.05, 0) is 39.3 Å². The molecule has 0 aliphatic heterocycles. The molecule has 3 heteroatoms. The molecule has 0 fully saturated rings. The summed E-state index contributed by atoms with van der Waals surface area (Å²) in [5.74, 6) is 0. The first-order chi connectivity index (χ1) is 8.52. The molecule has 0 saturated carbocycles. The first kappa shape index (κ1) is 15.5. The maximum Gasteiger partial charge on any atom is 0.0450 e. The van der Waals surface area contributed by atoms with Gasteiger partial charge >= 0.3 is 0 Å². The molecule has 1 aromatic carbocycles. The third-order valence-corrected chi connectivity index (χ3v) is 3.52. The van der Waals surface area contributed by atoms with E-state index >= 15 is 0 Å². The average Bonchev–Trinajstić information content (AvgIpc) is 2.30. The fourth-order valence-electron chi connectivity index (χ4n) is 2.19. The zero-order chi connectivity index (χ0) is 13.5. The van der Waals surface area contributed by atoms with Crippen molar-refractivity contribution < 1.29 is 0 Å². The van der Waals surface area contributed by atoms with Crippen LogP contribution < -0.4 is 5.32 Å². The highest BCUT2D eigenvalue weighted by atomic mass is 35.5. The van der Waals surface area contributed by atoms with Gasteiger partial charge in [0.25, 0.3) is 0 Å². The molecule has 1 rings (SSSR count). The van der Waals surface area contributed by atoms with Crippen LogP contribution in [-0.2, 0) is 6.54 Å². The van der Waals surface area contributed by atoms with E-state index in [-0.39, 0.29) is 0 Å². The molecule has 18 heavy (non-hydrogen) atoms. The van der Waals surface area contributed by atoms with Crippen LogP contribution in [-0.4, -0.2) is 30.1 Å². The minimum absolute atomic E-state index is 0.590. The van der Waals surface area contributed by atoms with Crippen molar-refractivity contribution in [3.63, 3.8) is 0 Å². The molecule has 0 heterocycles. The Hall–Kier alpha value is -0.570. The summed E-state index contributed by atoms with van der Waals surface area (Å²) < 4.78 is 0. The predicted molar refractivity (Wildman–Crippen MR) is 80.1 cm³/mol. The van der Waals surface area contributed by atoms with Crippen LogP contribution in [0.15, 0.2) is 24.3 Å². The average molecular weight is 269 g/mol. The molecule has 0 spiro atoms. The van der Waals surface area contributed by atoms with Gasteiger partial charge in [-0.1, -0.05) is 29.8 Å². The SMILES string of the molecule is CC(C)N(CCNCc1ccccc1Cl)C(C)C. The molecule has 0 aliphatic carbocycles. The lowest BCUT2D eigenvalue weighted by atomic mass is 10.2. The summed E-state index contributed by atoms with van der Waals surface area (Å²) in [5, 5.41) is 4.30. The topological polar surface area (TPSA) is 15.3 Å². The lowest BCUT2D eigenvalue weighted by Crippen LogP contribution is -2.41. The van der Waals surface area contributed by atoms with Crippen LogP contribution in [0, 0.1) is 0 Å². The van der Waals surface area contributed by atoms with Crippen molar-refractivity contribution in [3.8, 4) is 0 Å². The molecule has 102 valence electrons. The van der Waals surface area contributed by atoms with Crippen molar-refractivity contribution in [1.29, 1.82) is 0 Å². The van der Waals surface area contributed by atoms with Crippen LogP contribution >= 0.6 is 11.6 Å². The van der Waals surface area contributed by atoms with Gasteiger partial charge in [0, 0.05) is 36.7 Å². The van der Waals surface area contributed by atoms with E-state index < -0.39 is 0 Å². The lowest BCUT2D eigenvalue weighted by Gasteiger charge is -2.30. The van der Waals surface area contributed by atoms with E-state index in [0.29, 0.717) is 12.1 Å². The molecule has 0 bridgehead atoms. The highest BCUT2D eigenvalue weighted by Gasteiger charge is 2.12. The number of rotatable bonds is 7. The minimum Gasteiger partial charge on any atom is -0.311 e. The summed E-state index contributed by atoms with van der Waals surface area (Å²) in [7, 11) is 0. The van der Waals surface area contributed by atoms with Gasteiger partial charge in [0.1, 0.15) is 0 Å². The predicted octanol–water partition coefficient (Wildman–Crippen LogP) is 3.55. The summed E-state index contributed by atoms with van der Waals surface area (Å²) in [6.45, 7) is 11.9. The molecule has 0 aliphatic rings. The molecular formula is C15H25ClN2. The van der Waals surface area contributed by atoms with E-state index in [4.69, 9.17) is 11.6 Å². The van der Waals surface area contributed by atoms with Crippen LogP contribution in [0.25, 0.3) is 0 Å². The Balaban J connectivity index is 2.32. The van der Waals surface area contributed by atoms with Crippen molar-refractivity contribution in [2.75, 3.05) is 13.1 Å². The van der Waals surface area contributed by atoms with Crippen molar-refractivity contribution in [3.05, 3.63) is 34.9 Å². The van der Waals surface area contributed by atoms with Crippen molar-refractivity contribution in [2.24, 2.45) is 0 Å². The molecule has 0 atom stereocenters. The quantitative estimate of drug-likeness (QED) is 0.761. The first-order valence-electron chi connectivity index (χ1n) is 6.72. The Kier molecular flexibility index (Phi) is 6.69. The Morgan fingerprint density at radius 2 is 1.72 bits per heavy atom. The summed E-state index contributed by atoms with van der Waals surface area (Å²) in [4.78, 5) is 2.49. The van der Waals surface area contributed by atoms with E-state index in [1.54, 1.807) is 0 Å². The Morgan fingerprint density at radius 3 is 2.28 bits per heavy atom. The molecule has 0 unspecified atom stereocenters. The van der Waals surface area contributed by atoms with E-state index in [0.717, 1.165) is 24.7 Å². The summed E-state index contributed by atoms with van der Waals surface area (Å²) in [6.07, 6.45) is 0. The monoisotopic (exact) mass is 268 g/mol. The third-order valence-electron chi connectivity index (χ3n) is 3.15. The second-order valence-electron chi connectivity index (χ2n) is 5.19. The molecule has 0 amide bonds. The van der Waals surface area contributed by atoms with Gasteiger partial charge in [-0.2, -0.15) is 0 Å². The van der Waals surface area contributed by atoms with Gasteiger partial charge in [0.15, 0.2) is 0 Å². The van der Waals surface area contributed by atoms with Crippen LogP contribution in [0.2, 0.25) is 5.02 Å². The third kappa shape index (κ3) is 4.97. The maximum atomic E-state index is 6.12. The fourth-order valence-corrected chi connectivity index (χ4v) is 2.39. The van der Waals surface area contributed by atoms with E-state index in [9.17, 15) is 0 Å². The molecule has 2 nitrogen and oxygen atoms in total. The van der Waals surface area contributed by atoms with Crippen molar-refractivity contribution >= 4 is 11.6 Å². The number of benzene rings is 1. The second kappa shape index (κ2) is 7.78. The number of halogens is 1. The molecule has 0 radical (unpaired) electrons. The number of nitrogens with zero attached hydrogens (tertiary/aromatic N) is 1. The Bertz CT molecular complexity index is 342. The van der Waals surface area contributed by atoms with Gasteiger partial charge in [0.2, 0.25) is 0 Å². The summed E-state index contributed by atoms with van der Waals surface area (Å²) >= 11 is 6.12. The number of hydrogen-bond acceptors (Lipinski definition) is 2. The maximum absolute atomic E-state index is 6.12. The van der Waals surface area contributed by atoms with E-state index in [1.165, 1.54) is 5.56 Å². The molecule has 0 aromatic heterocycles. The highest BCUT2D eigenvalue weighted by molar-refractivity contribution is 6.31. The largest absolute Gasteiger partial charge is 0.311 e. The van der Waals surface area contributed by atoms with Gasteiger partial charge < -0.3 is 5.32 Å². The van der Waals surface area contributed by atoms with Crippen LogP contribution in [0.1, 0.15) is 33.3 Å². The smallest absolute Gasteiger partial charge is 0.0450 e. The van der Waals surface area contributed by atoms with Gasteiger partial charge in [-0.3, -0.25) is 4.90 Å². The van der Waals surface area contributed by atoms with Crippen LogP contribution in [0.5, 0.6) is 0 Å². The van der Waals surface area contributed by atoms with E-state index in [1.807, 2.05) is 18.2 Å². The summed E-state index contributed by atoms with van der Waals surface area (Å²) in [5.41, 5.74) is 1.17. The van der Waals surface area contributed by atoms with Gasteiger partial charge in [-0.25, -0.2) is 0 Å². The molecule has 1 aromatic rings. The van der Waals surface area contributed by atoms with E-state index in [2.05, 4.69) is 44.0 Å². The minimum atomic E-state index is 0.590. The molecule has 1 N–H and O–H groups in total. The van der Waals surface area contributed by atoms with Crippen molar-refractivity contribution in [1.82, 2.24) is 10.2 Å². The molecule has 0 saturated heterocycles. The Morgan fingerprint density at radius 1 is 1.11 bits per heavy atom.